The van der Waals surface area contributed by atoms with Crippen molar-refractivity contribution in [2.45, 2.75) is 26.2 Å². The first-order valence-electron chi connectivity index (χ1n) is 4.23. The highest BCUT2D eigenvalue weighted by molar-refractivity contribution is 9.12. The molecule has 2 radical (unpaired) electrons. The van der Waals surface area contributed by atoms with Crippen LogP contribution in [0.2, 0.25) is 0 Å². The molecule has 1 heterocycles. The molecule has 0 fully saturated rings. The number of hydrogen-bond donors (Lipinski definition) is 0. The van der Waals surface area contributed by atoms with Crippen LogP contribution in [0.15, 0.2) is 21.8 Å². The zero-order valence-corrected chi connectivity index (χ0v) is 9.06. The number of rotatable bonds is 3. The molecule has 0 amide bonds. The van der Waals surface area contributed by atoms with E-state index in [4.69, 9.17) is 12.6 Å². The van der Waals surface area contributed by atoms with Crippen LogP contribution in [0, 0.1) is 0 Å². The minimum absolute atomic E-state index is 0.272. The van der Waals surface area contributed by atoms with E-state index < -0.39 is 0 Å². The van der Waals surface area contributed by atoms with Gasteiger partial charge in [-0.25, -0.2) is 4.79 Å². The quantitative estimate of drug-likeness (QED) is 0.560. The monoisotopic (exact) mass is 240 g/mol. The second-order valence-electron chi connectivity index (χ2n) is 2.87. The van der Waals surface area contributed by atoms with Gasteiger partial charge in [-0.1, -0.05) is 29.3 Å². The van der Waals surface area contributed by atoms with Crippen LogP contribution >= 0.6 is 15.9 Å². The highest BCUT2D eigenvalue weighted by Gasteiger charge is 2.20. The standard InChI is InChI=1S/C9H10BBrO2/c1-2-3-4-6-5-7(8(10)11)13-9(6)12/h5H,2-4H2,1H3/b8-7-. The SMILES string of the molecule is [B]/C(Br)=C1\C=C(CCCC)C(=O)O1. The van der Waals surface area contributed by atoms with Crippen LogP contribution in [0.1, 0.15) is 26.2 Å². The molecule has 0 aliphatic carbocycles. The molecule has 13 heavy (non-hydrogen) atoms. The molecule has 0 saturated heterocycles. The molecule has 1 rings (SSSR count). The molecule has 0 unspecified atom stereocenters. The highest BCUT2D eigenvalue weighted by Crippen LogP contribution is 2.24. The normalized spacial score (nSPS) is 19.8. The minimum atomic E-state index is -0.272. The van der Waals surface area contributed by atoms with Gasteiger partial charge in [0.1, 0.15) is 13.6 Å². The van der Waals surface area contributed by atoms with Crippen molar-refractivity contribution >= 4 is 29.7 Å². The van der Waals surface area contributed by atoms with E-state index in [-0.39, 0.29) is 5.97 Å². The molecule has 0 aromatic carbocycles. The molecule has 2 nitrogen and oxygen atoms in total. The van der Waals surface area contributed by atoms with Gasteiger partial charge in [0, 0.05) is 5.57 Å². The maximum Gasteiger partial charge on any atom is 0.339 e. The van der Waals surface area contributed by atoms with E-state index in [1.807, 2.05) is 0 Å². The predicted octanol–water partition coefficient (Wildman–Crippen LogP) is 2.39. The van der Waals surface area contributed by atoms with Gasteiger partial charge in [-0.2, -0.15) is 0 Å². The number of carbonyl (C=O) groups excluding carboxylic acids is 1. The number of cyclic esters (lactones) is 1. The Morgan fingerprint density at radius 1 is 1.69 bits per heavy atom. The van der Waals surface area contributed by atoms with Crippen LogP contribution in [0.25, 0.3) is 0 Å². The third-order valence-corrected chi connectivity index (χ3v) is 2.20. The fourth-order valence-electron chi connectivity index (χ4n) is 1.07. The number of carbonyl (C=O) groups is 1. The van der Waals surface area contributed by atoms with Gasteiger partial charge in [0.25, 0.3) is 0 Å². The van der Waals surface area contributed by atoms with Gasteiger partial charge in [-0.15, -0.1) is 0 Å². The lowest BCUT2D eigenvalue weighted by molar-refractivity contribution is -0.133. The third-order valence-electron chi connectivity index (χ3n) is 1.81. The van der Waals surface area contributed by atoms with Gasteiger partial charge in [0.15, 0.2) is 0 Å². The lowest BCUT2D eigenvalue weighted by Gasteiger charge is -1.97. The first-order valence-corrected chi connectivity index (χ1v) is 5.02. The maximum absolute atomic E-state index is 11.2. The van der Waals surface area contributed by atoms with Gasteiger partial charge >= 0.3 is 5.97 Å². The van der Waals surface area contributed by atoms with Crippen molar-refractivity contribution in [1.29, 1.82) is 0 Å². The molecule has 0 saturated carbocycles. The van der Waals surface area contributed by atoms with Gasteiger partial charge < -0.3 is 4.74 Å². The zero-order valence-electron chi connectivity index (χ0n) is 7.47. The van der Waals surface area contributed by atoms with Crippen LogP contribution < -0.4 is 0 Å². The summed E-state index contributed by atoms with van der Waals surface area (Å²) < 4.78 is 5.28. The molecule has 1 aliphatic heterocycles. The number of halogens is 1. The minimum Gasteiger partial charge on any atom is -0.423 e. The van der Waals surface area contributed by atoms with Crippen molar-refractivity contribution in [3.05, 3.63) is 21.8 Å². The Morgan fingerprint density at radius 2 is 2.38 bits per heavy atom. The van der Waals surface area contributed by atoms with E-state index in [1.165, 1.54) is 0 Å². The average molecular weight is 241 g/mol. The molecule has 68 valence electrons. The Morgan fingerprint density at radius 3 is 2.85 bits per heavy atom. The van der Waals surface area contributed by atoms with Crippen LogP contribution in [0.3, 0.4) is 0 Å². The summed E-state index contributed by atoms with van der Waals surface area (Å²) in [4.78, 5) is 11.2. The molecule has 1 aliphatic rings. The van der Waals surface area contributed by atoms with Gasteiger partial charge in [-0.05, 0) is 23.3 Å². The van der Waals surface area contributed by atoms with Crippen LogP contribution in [-0.4, -0.2) is 13.8 Å². The van der Waals surface area contributed by atoms with Gasteiger partial charge in [-0.3, -0.25) is 0 Å². The first-order chi connectivity index (χ1) is 6.15. The summed E-state index contributed by atoms with van der Waals surface area (Å²) in [5.74, 6) is 0.155. The predicted molar refractivity (Wildman–Crippen MR) is 55.4 cm³/mol. The van der Waals surface area contributed by atoms with E-state index in [9.17, 15) is 4.79 Å². The number of hydrogen-bond acceptors (Lipinski definition) is 2. The molecule has 0 atom stereocenters. The number of allylic oxidation sites excluding steroid dienone is 1. The summed E-state index contributed by atoms with van der Waals surface area (Å²) in [6, 6.07) is 0. The molecule has 0 spiro atoms. The second-order valence-corrected chi connectivity index (χ2v) is 3.73. The van der Waals surface area contributed by atoms with Crippen LogP contribution in [-0.2, 0) is 9.53 Å². The smallest absolute Gasteiger partial charge is 0.339 e. The molecule has 0 aromatic rings. The van der Waals surface area contributed by atoms with Crippen LogP contribution in [0.4, 0.5) is 0 Å². The van der Waals surface area contributed by atoms with E-state index in [1.54, 1.807) is 6.08 Å². The Balaban J connectivity index is 2.69. The van der Waals surface area contributed by atoms with Crippen molar-refractivity contribution in [1.82, 2.24) is 0 Å². The fraction of sp³-hybridized carbons (Fsp3) is 0.444. The second kappa shape index (κ2) is 4.65. The lowest BCUT2D eigenvalue weighted by atomic mass is 10.1. The number of unbranched alkanes of at least 4 members (excludes halogenated alkanes) is 1. The van der Waals surface area contributed by atoms with Crippen molar-refractivity contribution in [3.63, 3.8) is 0 Å². The van der Waals surface area contributed by atoms with E-state index in [2.05, 4.69) is 22.9 Å². The summed E-state index contributed by atoms with van der Waals surface area (Å²) in [7, 11) is 5.43. The largest absolute Gasteiger partial charge is 0.423 e. The highest BCUT2D eigenvalue weighted by atomic mass is 79.9. The Hall–Kier alpha value is -0.505. The van der Waals surface area contributed by atoms with Crippen molar-refractivity contribution in [2.75, 3.05) is 0 Å². The fourth-order valence-corrected chi connectivity index (χ4v) is 1.27. The molecular formula is C9H10BBrO2. The van der Waals surface area contributed by atoms with Gasteiger partial charge in [0.2, 0.25) is 0 Å². The molecular weight excluding hydrogens is 231 g/mol. The summed E-state index contributed by atoms with van der Waals surface area (Å²) in [5.41, 5.74) is 0.708. The van der Waals surface area contributed by atoms with E-state index >= 15 is 0 Å². The maximum atomic E-state index is 11.2. The molecule has 0 bridgehead atoms. The Bertz CT molecular complexity index is 277. The molecule has 0 N–H and O–H groups in total. The number of esters is 1. The summed E-state index contributed by atoms with van der Waals surface area (Å²) in [6.45, 7) is 2.08. The van der Waals surface area contributed by atoms with Crippen molar-refractivity contribution in [3.8, 4) is 0 Å². The van der Waals surface area contributed by atoms with E-state index in [0.29, 0.717) is 15.7 Å². The number of ether oxygens (including phenoxy) is 1. The third kappa shape index (κ3) is 2.73. The summed E-state index contributed by atoms with van der Waals surface area (Å²) >= 11 is 3.06. The average Bonchev–Trinajstić information content (AvgIpc) is 2.44. The summed E-state index contributed by atoms with van der Waals surface area (Å²) in [6.07, 6.45) is 4.52. The Labute approximate surface area is 87.6 Å². The van der Waals surface area contributed by atoms with Crippen molar-refractivity contribution < 1.29 is 9.53 Å². The topological polar surface area (TPSA) is 26.3 Å². The van der Waals surface area contributed by atoms with Crippen molar-refractivity contribution in [2.24, 2.45) is 0 Å². The summed E-state index contributed by atoms with van der Waals surface area (Å²) in [5, 5.41) is 0. The van der Waals surface area contributed by atoms with Gasteiger partial charge in [0.05, 0.1) is 0 Å². The zero-order chi connectivity index (χ0) is 9.84. The molecule has 0 aromatic heterocycles. The lowest BCUT2D eigenvalue weighted by Crippen LogP contribution is -1.99. The van der Waals surface area contributed by atoms with E-state index in [0.717, 1.165) is 19.3 Å². The molecule has 4 heteroatoms. The first kappa shape index (κ1) is 10.6. The van der Waals surface area contributed by atoms with Crippen LogP contribution in [0.5, 0.6) is 0 Å². The Kier molecular flexibility index (Phi) is 3.79.